The molecule has 2 unspecified atom stereocenters. The van der Waals surface area contributed by atoms with Crippen LogP contribution in [-0.2, 0) is 0 Å². The lowest BCUT2D eigenvalue weighted by Gasteiger charge is -2.41. The summed E-state index contributed by atoms with van der Waals surface area (Å²) in [5, 5.41) is 11.1. The largest absolute Gasteiger partial charge is 0.359 e. The number of hydrogen-bond acceptors (Lipinski definition) is 4. The van der Waals surface area contributed by atoms with E-state index >= 15 is 0 Å². The topological polar surface area (TPSA) is 72.4 Å². The molecule has 0 aliphatic carbocycles. The molecule has 1 saturated heterocycles. The first kappa shape index (κ1) is 15.0. The number of rotatable bonds is 3. The van der Waals surface area contributed by atoms with E-state index in [0.29, 0.717) is 12.2 Å². The summed E-state index contributed by atoms with van der Waals surface area (Å²) in [5.41, 5.74) is 5.86. The van der Waals surface area contributed by atoms with E-state index in [-0.39, 0.29) is 22.8 Å². The minimum absolute atomic E-state index is 0.0129. The third-order valence-electron chi connectivity index (χ3n) is 3.79. The highest BCUT2D eigenvalue weighted by atomic mass is 35.5. The molecule has 1 fully saturated rings. The van der Waals surface area contributed by atoms with Crippen molar-refractivity contribution in [3.05, 3.63) is 33.1 Å². The highest BCUT2D eigenvalue weighted by Crippen LogP contribution is 2.38. The van der Waals surface area contributed by atoms with E-state index in [0.717, 1.165) is 25.3 Å². The van der Waals surface area contributed by atoms with E-state index in [1.165, 1.54) is 6.07 Å². The van der Waals surface area contributed by atoms with Gasteiger partial charge in [0.1, 0.15) is 11.5 Å². The molecule has 20 heavy (non-hydrogen) atoms. The minimum Gasteiger partial charge on any atom is -0.359 e. The second-order valence-electron chi connectivity index (χ2n) is 5.09. The van der Waals surface area contributed by atoms with Gasteiger partial charge in [-0.2, -0.15) is 0 Å². The summed E-state index contributed by atoms with van der Waals surface area (Å²) < 4.78 is 13.5. The Morgan fingerprint density at radius 3 is 2.85 bits per heavy atom. The average molecular weight is 302 g/mol. The summed E-state index contributed by atoms with van der Waals surface area (Å²) in [4.78, 5) is 12.5. The van der Waals surface area contributed by atoms with Gasteiger partial charge in [0.05, 0.1) is 16.0 Å². The standard InChI is InChI=1S/C13H17ClFN3O2/c1-8-3-2-4-9(7-16)17(8)12-5-10(14)11(15)6-13(12)18(19)20/h5-6,8-9H,2-4,7,16H2,1H3. The Balaban J connectivity index is 2.53. The summed E-state index contributed by atoms with van der Waals surface area (Å²) in [5.74, 6) is -0.781. The molecule has 0 aromatic heterocycles. The van der Waals surface area contributed by atoms with Crippen molar-refractivity contribution in [3.8, 4) is 0 Å². The number of benzene rings is 1. The van der Waals surface area contributed by atoms with Gasteiger partial charge in [-0.05, 0) is 32.3 Å². The third kappa shape index (κ3) is 2.71. The number of anilines is 1. The quantitative estimate of drug-likeness (QED) is 0.688. The van der Waals surface area contributed by atoms with Gasteiger partial charge in [-0.25, -0.2) is 4.39 Å². The van der Waals surface area contributed by atoms with Crippen LogP contribution >= 0.6 is 11.6 Å². The van der Waals surface area contributed by atoms with Gasteiger partial charge in [-0.3, -0.25) is 10.1 Å². The summed E-state index contributed by atoms with van der Waals surface area (Å²) in [6, 6.07) is 2.34. The number of nitro groups is 1. The van der Waals surface area contributed by atoms with E-state index in [1.807, 2.05) is 11.8 Å². The van der Waals surface area contributed by atoms with E-state index < -0.39 is 10.7 Å². The molecule has 1 aromatic carbocycles. The maximum atomic E-state index is 13.5. The molecule has 0 radical (unpaired) electrons. The zero-order valence-electron chi connectivity index (χ0n) is 11.2. The molecular formula is C13H17ClFN3O2. The van der Waals surface area contributed by atoms with Crippen molar-refractivity contribution in [1.29, 1.82) is 0 Å². The molecule has 0 bridgehead atoms. The molecule has 0 amide bonds. The van der Waals surface area contributed by atoms with Crippen molar-refractivity contribution in [2.75, 3.05) is 11.4 Å². The van der Waals surface area contributed by atoms with Crippen LogP contribution in [-0.4, -0.2) is 23.6 Å². The van der Waals surface area contributed by atoms with Gasteiger partial charge < -0.3 is 10.6 Å². The maximum absolute atomic E-state index is 13.5. The molecule has 2 N–H and O–H groups in total. The Hall–Kier alpha value is -1.40. The van der Waals surface area contributed by atoms with E-state index in [2.05, 4.69) is 0 Å². The maximum Gasteiger partial charge on any atom is 0.295 e. The summed E-state index contributed by atoms with van der Waals surface area (Å²) in [6.07, 6.45) is 2.82. The Morgan fingerprint density at radius 1 is 1.55 bits per heavy atom. The SMILES string of the molecule is CC1CCCC(CN)N1c1cc(Cl)c(F)cc1[N+](=O)[O-]. The molecule has 2 rings (SSSR count). The van der Waals surface area contributed by atoms with Gasteiger partial charge in [0.2, 0.25) is 0 Å². The van der Waals surface area contributed by atoms with E-state index in [1.54, 1.807) is 0 Å². The van der Waals surface area contributed by atoms with Crippen molar-refractivity contribution in [1.82, 2.24) is 0 Å². The number of hydrogen-bond donors (Lipinski definition) is 1. The minimum atomic E-state index is -0.781. The van der Waals surface area contributed by atoms with Gasteiger partial charge in [0.15, 0.2) is 0 Å². The highest BCUT2D eigenvalue weighted by molar-refractivity contribution is 6.31. The molecule has 1 aliphatic heterocycles. The lowest BCUT2D eigenvalue weighted by atomic mass is 9.95. The Morgan fingerprint density at radius 2 is 2.25 bits per heavy atom. The van der Waals surface area contributed by atoms with Crippen molar-refractivity contribution in [2.24, 2.45) is 5.73 Å². The molecule has 1 aliphatic rings. The number of halogens is 2. The Bertz CT molecular complexity index is 527. The molecule has 0 saturated carbocycles. The van der Waals surface area contributed by atoms with Crippen molar-refractivity contribution in [3.63, 3.8) is 0 Å². The fourth-order valence-corrected chi connectivity index (χ4v) is 2.99. The predicted molar refractivity (Wildman–Crippen MR) is 76.7 cm³/mol. The molecular weight excluding hydrogens is 285 g/mol. The lowest BCUT2D eigenvalue weighted by molar-refractivity contribution is -0.384. The van der Waals surface area contributed by atoms with Crippen molar-refractivity contribution >= 4 is 23.0 Å². The summed E-state index contributed by atoms with van der Waals surface area (Å²) in [6.45, 7) is 2.39. The molecule has 110 valence electrons. The van der Waals surface area contributed by atoms with Crippen LogP contribution in [0, 0.1) is 15.9 Å². The monoisotopic (exact) mass is 301 g/mol. The number of piperidine rings is 1. The molecule has 0 spiro atoms. The van der Waals surface area contributed by atoms with Gasteiger partial charge in [-0.15, -0.1) is 0 Å². The van der Waals surface area contributed by atoms with Crippen LogP contribution < -0.4 is 10.6 Å². The Kier molecular flexibility index (Phi) is 4.45. The number of nitro benzene ring substituents is 1. The first-order chi connectivity index (χ1) is 9.45. The van der Waals surface area contributed by atoms with Crippen LogP contribution in [0.3, 0.4) is 0 Å². The van der Waals surface area contributed by atoms with Crippen LogP contribution in [0.1, 0.15) is 26.2 Å². The van der Waals surface area contributed by atoms with Crippen LogP contribution in [0.5, 0.6) is 0 Å². The van der Waals surface area contributed by atoms with Crippen molar-refractivity contribution in [2.45, 2.75) is 38.3 Å². The Labute approximate surface area is 121 Å². The third-order valence-corrected chi connectivity index (χ3v) is 4.08. The average Bonchev–Trinajstić information content (AvgIpc) is 2.41. The second kappa shape index (κ2) is 5.93. The van der Waals surface area contributed by atoms with Crippen LogP contribution in [0.4, 0.5) is 15.8 Å². The number of nitrogens with two attached hydrogens (primary N) is 1. The fraction of sp³-hybridized carbons (Fsp3) is 0.538. The highest BCUT2D eigenvalue weighted by Gasteiger charge is 2.32. The second-order valence-corrected chi connectivity index (χ2v) is 5.50. The first-order valence-corrected chi connectivity index (χ1v) is 6.95. The zero-order chi connectivity index (χ0) is 14.9. The zero-order valence-corrected chi connectivity index (χ0v) is 11.9. The number of nitrogens with zero attached hydrogens (tertiary/aromatic N) is 2. The lowest BCUT2D eigenvalue weighted by Crippen LogP contribution is -2.49. The molecule has 5 nitrogen and oxygen atoms in total. The van der Waals surface area contributed by atoms with Crippen LogP contribution in [0.25, 0.3) is 0 Å². The first-order valence-electron chi connectivity index (χ1n) is 6.57. The summed E-state index contributed by atoms with van der Waals surface area (Å²) in [7, 11) is 0. The van der Waals surface area contributed by atoms with Crippen LogP contribution in [0.2, 0.25) is 5.02 Å². The van der Waals surface area contributed by atoms with Gasteiger partial charge in [-0.1, -0.05) is 11.6 Å². The molecule has 1 heterocycles. The van der Waals surface area contributed by atoms with Crippen molar-refractivity contribution < 1.29 is 9.31 Å². The predicted octanol–water partition coefficient (Wildman–Crippen LogP) is 3.09. The normalized spacial score (nSPS) is 22.9. The van der Waals surface area contributed by atoms with Gasteiger partial charge >= 0.3 is 0 Å². The fourth-order valence-electron chi connectivity index (χ4n) is 2.83. The van der Waals surface area contributed by atoms with E-state index in [9.17, 15) is 14.5 Å². The molecule has 1 aromatic rings. The van der Waals surface area contributed by atoms with E-state index in [4.69, 9.17) is 17.3 Å². The summed E-state index contributed by atoms with van der Waals surface area (Å²) >= 11 is 5.79. The molecule has 2 atom stereocenters. The van der Waals surface area contributed by atoms with Gasteiger partial charge in [0, 0.05) is 18.6 Å². The van der Waals surface area contributed by atoms with Gasteiger partial charge in [0.25, 0.3) is 5.69 Å². The van der Waals surface area contributed by atoms with Crippen LogP contribution in [0.15, 0.2) is 12.1 Å². The smallest absolute Gasteiger partial charge is 0.295 e. The molecule has 7 heteroatoms.